The largest absolute Gasteiger partial charge is 0.462 e. The van der Waals surface area contributed by atoms with Crippen LogP contribution >= 0.6 is 11.8 Å². The topological polar surface area (TPSA) is 67.9 Å². The number of carbonyl (C=O) groups excluding carboxylic acids is 1. The second kappa shape index (κ2) is 6.38. The van der Waals surface area contributed by atoms with E-state index in [0.717, 1.165) is 22.3 Å². The minimum Gasteiger partial charge on any atom is -0.462 e. The molecule has 0 saturated heterocycles. The third kappa shape index (κ3) is 3.82. The Hall–Kier alpha value is -1.82. The molecule has 0 atom stereocenters. The van der Waals surface area contributed by atoms with Gasteiger partial charge in [-0.15, -0.1) is 5.10 Å². The van der Waals surface area contributed by atoms with Crippen LogP contribution in [0.3, 0.4) is 0 Å². The smallest absolute Gasteiger partial charge is 0.338 e. The summed E-state index contributed by atoms with van der Waals surface area (Å²) in [5.41, 5.74) is 1.69. The van der Waals surface area contributed by atoms with Crippen molar-refractivity contribution in [2.75, 3.05) is 6.61 Å². The van der Waals surface area contributed by atoms with Gasteiger partial charge in [0.05, 0.1) is 12.2 Å². The summed E-state index contributed by atoms with van der Waals surface area (Å²) >= 11 is 1.55. The average Bonchev–Trinajstić information content (AvgIpc) is 2.83. The molecular weight excluding hydrogens is 262 g/mol. The van der Waals surface area contributed by atoms with E-state index in [9.17, 15) is 4.79 Å². The van der Waals surface area contributed by atoms with Gasteiger partial charge in [0.2, 0.25) is 5.16 Å². The van der Waals surface area contributed by atoms with Crippen molar-refractivity contribution < 1.29 is 9.53 Å². The van der Waals surface area contributed by atoms with E-state index in [1.807, 2.05) is 19.1 Å². The maximum absolute atomic E-state index is 11.5. The van der Waals surface area contributed by atoms with Crippen LogP contribution in [0, 0.1) is 6.92 Å². The summed E-state index contributed by atoms with van der Waals surface area (Å²) in [6, 6.07) is 7.38. The second-order valence-electron chi connectivity index (χ2n) is 3.91. The molecule has 0 amide bonds. The van der Waals surface area contributed by atoms with E-state index in [1.54, 1.807) is 30.8 Å². The van der Waals surface area contributed by atoms with Gasteiger partial charge < -0.3 is 4.74 Å². The van der Waals surface area contributed by atoms with Crippen LogP contribution in [0.5, 0.6) is 0 Å². The van der Waals surface area contributed by atoms with Crippen molar-refractivity contribution in [1.29, 1.82) is 0 Å². The summed E-state index contributed by atoms with van der Waals surface area (Å²) in [7, 11) is 0. The minimum absolute atomic E-state index is 0.286. The lowest BCUT2D eigenvalue weighted by atomic mass is 10.1. The molecule has 1 aromatic carbocycles. The third-order valence-electron chi connectivity index (χ3n) is 2.41. The lowest BCUT2D eigenvalue weighted by Gasteiger charge is -2.03. The highest BCUT2D eigenvalue weighted by atomic mass is 32.2. The molecule has 2 aromatic rings. The first-order valence-electron chi connectivity index (χ1n) is 5.97. The van der Waals surface area contributed by atoms with Gasteiger partial charge in [0, 0.05) is 5.75 Å². The van der Waals surface area contributed by atoms with Gasteiger partial charge in [0.1, 0.15) is 5.82 Å². The van der Waals surface area contributed by atoms with E-state index in [2.05, 4.69) is 15.2 Å². The molecule has 6 heteroatoms. The number of nitrogens with one attached hydrogen (secondary N) is 1. The van der Waals surface area contributed by atoms with E-state index >= 15 is 0 Å². The van der Waals surface area contributed by atoms with Gasteiger partial charge in [-0.2, -0.15) is 0 Å². The van der Waals surface area contributed by atoms with Crippen LogP contribution in [0.4, 0.5) is 0 Å². The number of aromatic nitrogens is 3. The molecule has 100 valence electrons. The number of ether oxygens (including phenoxy) is 1. The van der Waals surface area contributed by atoms with E-state index < -0.39 is 0 Å². The predicted octanol–water partition coefficient (Wildman–Crippen LogP) is 2.58. The fraction of sp³-hybridized carbons (Fsp3) is 0.308. The number of rotatable bonds is 5. The molecule has 1 aromatic heterocycles. The van der Waals surface area contributed by atoms with Gasteiger partial charge in [-0.05, 0) is 31.5 Å². The third-order valence-corrected chi connectivity index (χ3v) is 3.33. The summed E-state index contributed by atoms with van der Waals surface area (Å²) in [5.74, 6) is 1.28. The average molecular weight is 277 g/mol. The predicted molar refractivity (Wildman–Crippen MR) is 73.1 cm³/mol. The van der Waals surface area contributed by atoms with Crippen molar-refractivity contribution in [3.8, 4) is 0 Å². The molecule has 0 saturated carbocycles. The van der Waals surface area contributed by atoms with Gasteiger partial charge in [-0.25, -0.2) is 9.78 Å². The van der Waals surface area contributed by atoms with Crippen LogP contribution in [0.15, 0.2) is 29.4 Å². The maximum Gasteiger partial charge on any atom is 0.338 e. The molecule has 1 heterocycles. The summed E-state index contributed by atoms with van der Waals surface area (Å²) in [6.07, 6.45) is 0. The number of H-pyrrole nitrogens is 1. The Labute approximate surface area is 115 Å². The quantitative estimate of drug-likeness (QED) is 0.672. The van der Waals surface area contributed by atoms with Gasteiger partial charge in [-0.1, -0.05) is 23.9 Å². The van der Waals surface area contributed by atoms with Gasteiger partial charge >= 0.3 is 5.97 Å². The molecule has 0 radical (unpaired) electrons. The minimum atomic E-state index is -0.286. The van der Waals surface area contributed by atoms with Crippen LogP contribution in [0.2, 0.25) is 0 Å². The molecule has 19 heavy (non-hydrogen) atoms. The molecule has 0 bridgehead atoms. The number of hydrogen-bond donors (Lipinski definition) is 1. The van der Waals surface area contributed by atoms with E-state index in [-0.39, 0.29) is 5.97 Å². The van der Waals surface area contributed by atoms with Crippen molar-refractivity contribution in [1.82, 2.24) is 15.2 Å². The van der Waals surface area contributed by atoms with Crippen molar-refractivity contribution >= 4 is 17.7 Å². The Morgan fingerprint density at radius 3 is 2.68 bits per heavy atom. The first kappa shape index (κ1) is 13.6. The van der Waals surface area contributed by atoms with Gasteiger partial charge in [0.15, 0.2) is 0 Å². The fourth-order valence-electron chi connectivity index (χ4n) is 1.49. The number of nitrogens with zero attached hydrogens (tertiary/aromatic N) is 2. The number of aromatic amines is 1. The lowest BCUT2D eigenvalue weighted by molar-refractivity contribution is 0.0526. The summed E-state index contributed by atoms with van der Waals surface area (Å²) in [6.45, 7) is 4.05. The van der Waals surface area contributed by atoms with Gasteiger partial charge in [0.25, 0.3) is 0 Å². The zero-order valence-corrected chi connectivity index (χ0v) is 11.7. The number of carbonyl (C=O) groups is 1. The molecule has 2 rings (SSSR count). The first-order chi connectivity index (χ1) is 9.19. The SMILES string of the molecule is CCOC(=O)c1ccc(CSc2n[nH]c(C)n2)cc1. The summed E-state index contributed by atoms with van der Waals surface area (Å²) < 4.78 is 4.93. The van der Waals surface area contributed by atoms with E-state index in [1.165, 1.54) is 0 Å². The Morgan fingerprint density at radius 1 is 1.37 bits per heavy atom. The highest BCUT2D eigenvalue weighted by molar-refractivity contribution is 7.98. The Balaban J connectivity index is 1.93. The van der Waals surface area contributed by atoms with Crippen molar-refractivity contribution in [3.05, 3.63) is 41.2 Å². The van der Waals surface area contributed by atoms with E-state index in [0.29, 0.717) is 12.2 Å². The molecule has 0 aliphatic heterocycles. The zero-order valence-electron chi connectivity index (χ0n) is 10.8. The number of esters is 1. The molecule has 0 spiro atoms. The molecule has 0 fully saturated rings. The molecule has 0 aliphatic rings. The number of thioether (sulfide) groups is 1. The van der Waals surface area contributed by atoms with Crippen LogP contribution in [-0.4, -0.2) is 27.8 Å². The highest BCUT2D eigenvalue weighted by Gasteiger charge is 2.06. The fourth-order valence-corrected chi connectivity index (χ4v) is 2.29. The van der Waals surface area contributed by atoms with Crippen LogP contribution in [0.25, 0.3) is 0 Å². The van der Waals surface area contributed by atoms with Crippen LogP contribution < -0.4 is 0 Å². The van der Waals surface area contributed by atoms with Crippen LogP contribution in [0.1, 0.15) is 28.7 Å². The van der Waals surface area contributed by atoms with Crippen LogP contribution in [-0.2, 0) is 10.5 Å². The second-order valence-corrected chi connectivity index (χ2v) is 4.85. The first-order valence-corrected chi connectivity index (χ1v) is 6.95. The van der Waals surface area contributed by atoms with E-state index in [4.69, 9.17) is 4.74 Å². The standard InChI is InChI=1S/C13H15N3O2S/c1-3-18-12(17)11-6-4-10(5-7-11)8-19-13-14-9(2)15-16-13/h4-7H,3,8H2,1-2H3,(H,14,15,16). The maximum atomic E-state index is 11.5. The molecule has 0 unspecified atom stereocenters. The Kier molecular flexibility index (Phi) is 4.57. The zero-order chi connectivity index (χ0) is 13.7. The number of aryl methyl sites for hydroxylation is 1. The Morgan fingerprint density at radius 2 is 2.11 bits per heavy atom. The molecule has 0 aliphatic carbocycles. The van der Waals surface area contributed by atoms with Crippen molar-refractivity contribution in [2.24, 2.45) is 0 Å². The highest BCUT2D eigenvalue weighted by Crippen LogP contribution is 2.19. The van der Waals surface area contributed by atoms with Crippen molar-refractivity contribution in [3.63, 3.8) is 0 Å². The summed E-state index contributed by atoms with van der Waals surface area (Å²) in [4.78, 5) is 15.7. The molecule has 1 N–H and O–H groups in total. The summed E-state index contributed by atoms with van der Waals surface area (Å²) in [5, 5.41) is 7.58. The molecule has 5 nitrogen and oxygen atoms in total. The lowest BCUT2D eigenvalue weighted by Crippen LogP contribution is -2.04. The normalized spacial score (nSPS) is 10.4. The Bertz CT molecular complexity index is 551. The van der Waals surface area contributed by atoms with Gasteiger partial charge in [-0.3, -0.25) is 5.10 Å². The number of hydrogen-bond acceptors (Lipinski definition) is 5. The number of benzene rings is 1. The van der Waals surface area contributed by atoms with Crippen molar-refractivity contribution in [2.45, 2.75) is 24.8 Å². The monoisotopic (exact) mass is 277 g/mol. The molecular formula is C13H15N3O2S.